The molecule has 2 fully saturated rings. The van der Waals surface area contributed by atoms with Gasteiger partial charge in [-0.05, 0) is 19.3 Å². The first kappa shape index (κ1) is 21.3. The van der Waals surface area contributed by atoms with Crippen LogP contribution in [0, 0.1) is 5.92 Å². The van der Waals surface area contributed by atoms with Crippen LogP contribution >= 0.6 is 35.7 Å². The van der Waals surface area contributed by atoms with Crippen molar-refractivity contribution in [3.05, 3.63) is 0 Å². The highest BCUT2D eigenvalue weighted by Crippen LogP contribution is 2.20. The van der Waals surface area contributed by atoms with Gasteiger partial charge in [-0.3, -0.25) is 4.99 Å². The molecule has 0 aromatic carbocycles. The van der Waals surface area contributed by atoms with Gasteiger partial charge >= 0.3 is 0 Å². The van der Waals surface area contributed by atoms with Crippen molar-refractivity contribution in [2.45, 2.75) is 31.4 Å². The fourth-order valence-electron chi connectivity index (χ4n) is 2.83. The van der Waals surface area contributed by atoms with E-state index in [1.54, 1.807) is 0 Å². The number of halogens is 1. The van der Waals surface area contributed by atoms with Gasteiger partial charge in [0, 0.05) is 56.8 Å². The highest BCUT2D eigenvalue weighted by molar-refractivity contribution is 14.0. The third-order valence-electron chi connectivity index (χ3n) is 4.23. The van der Waals surface area contributed by atoms with E-state index in [0.717, 1.165) is 70.1 Å². The molecule has 1 N–H and O–H groups in total. The van der Waals surface area contributed by atoms with E-state index in [1.165, 1.54) is 12.2 Å². The quantitative estimate of drug-likeness (QED) is 0.276. The Hall–Kier alpha value is 0.270. The summed E-state index contributed by atoms with van der Waals surface area (Å²) in [4.78, 5) is 6.82. The number of ether oxygens (including phenoxy) is 2. The van der Waals surface area contributed by atoms with Crippen LogP contribution in [0.2, 0.25) is 0 Å². The molecule has 0 amide bonds. The summed E-state index contributed by atoms with van der Waals surface area (Å²) in [6.07, 6.45) is 3.40. The van der Waals surface area contributed by atoms with Crippen LogP contribution < -0.4 is 5.32 Å². The predicted octanol–water partition coefficient (Wildman–Crippen LogP) is 2.45. The van der Waals surface area contributed by atoms with E-state index >= 15 is 0 Å². The van der Waals surface area contributed by atoms with Crippen molar-refractivity contribution >= 4 is 41.7 Å². The van der Waals surface area contributed by atoms with Gasteiger partial charge in [0.1, 0.15) is 0 Å². The van der Waals surface area contributed by atoms with Gasteiger partial charge in [-0.25, -0.2) is 0 Å². The third-order valence-corrected chi connectivity index (χ3v) is 5.60. The zero-order chi connectivity index (χ0) is 15.6. The molecule has 0 bridgehead atoms. The second-order valence-corrected chi connectivity index (χ2v) is 7.39. The highest BCUT2D eigenvalue weighted by atomic mass is 127. The minimum absolute atomic E-state index is 0. The molecule has 0 aromatic rings. The van der Waals surface area contributed by atoms with Crippen LogP contribution in [0.1, 0.15) is 26.2 Å². The van der Waals surface area contributed by atoms with Crippen molar-refractivity contribution in [2.24, 2.45) is 10.9 Å². The lowest BCUT2D eigenvalue weighted by atomic mass is 10.1. The average Bonchev–Trinajstić information content (AvgIpc) is 3.07. The molecule has 2 unspecified atom stereocenters. The highest BCUT2D eigenvalue weighted by Gasteiger charge is 2.21. The second kappa shape index (κ2) is 12.6. The fraction of sp³-hybridized carbons (Fsp3) is 0.938. The summed E-state index contributed by atoms with van der Waals surface area (Å²) in [5.41, 5.74) is 0. The normalized spacial score (nSPS) is 25.3. The Bertz CT molecular complexity index is 341. The van der Waals surface area contributed by atoms with Gasteiger partial charge in [0.25, 0.3) is 0 Å². The predicted molar refractivity (Wildman–Crippen MR) is 109 cm³/mol. The lowest BCUT2D eigenvalue weighted by molar-refractivity contribution is 0.0887. The fourth-order valence-corrected chi connectivity index (χ4v) is 4.01. The van der Waals surface area contributed by atoms with E-state index in [4.69, 9.17) is 9.47 Å². The van der Waals surface area contributed by atoms with Crippen LogP contribution in [-0.2, 0) is 9.47 Å². The summed E-state index contributed by atoms with van der Waals surface area (Å²) < 4.78 is 11.1. The monoisotopic (exact) mass is 457 g/mol. The van der Waals surface area contributed by atoms with E-state index < -0.39 is 0 Å². The van der Waals surface area contributed by atoms with Gasteiger partial charge in [0.15, 0.2) is 5.96 Å². The lowest BCUT2D eigenvalue weighted by Crippen LogP contribution is -2.48. The molecule has 0 radical (unpaired) electrons. The first-order valence-corrected chi connectivity index (χ1v) is 9.61. The zero-order valence-corrected chi connectivity index (χ0v) is 17.6. The van der Waals surface area contributed by atoms with E-state index in [1.807, 2.05) is 7.05 Å². The Kier molecular flexibility index (Phi) is 11.7. The standard InChI is InChI=1S/C16H31N3O2S.HI/c1-3-15-11-19(7-10-22-15)16(17-2)18-6-4-8-20-12-14-5-9-21-13-14;/h14-15H,3-13H2,1-2H3,(H,17,18);1H. The number of nitrogens with zero attached hydrogens (tertiary/aromatic N) is 2. The van der Waals surface area contributed by atoms with Crippen LogP contribution in [-0.4, -0.2) is 75.0 Å². The molecule has 0 aromatic heterocycles. The molecule has 23 heavy (non-hydrogen) atoms. The molecule has 136 valence electrons. The number of rotatable bonds is 7. The van der Waals surface area contributed by atoms with Gasteiger partial charge in [-0.2, -0.15) is 11.8 Å². The van der Waals surface area contributed by atoms with Crippen LogP contribution in [0.25, 0.3) is 0 Å². The van der Waals surface area contributed by atoms with Gasteiger partial charge in [0.05, 0.1) is 13.2 Å². The summed E-state index contributed by atoms with van der Waals surface area (Å²) in [7, 11) is 1.88. The molecule has 0 aliphatic carbocycles. The minimum Gasteiger partial charge on any atom is -0.381 e. The molecular formula is C16H32IN3O2S. The molecule has 2 heterocycles. The molecular weight excluding hydrogens is 425 g/mol. The first-order valence-electron chi connectivity index (χ1n) is 8.56. The van der Waals surface area contributed by atoms with Crippen LogP contribution in [0.4, 0.5) is 0 Å². The molecule has 2 saturated heterocycles. The van der Waals surface area contributed by atoms with Crippen molar-refractivity contribution in [3.8, 4) is 0 Å². The van der Waals surface area contributed by atoms with E-state index in [9.17, 15) is 0 Å². The van der Waals surface area contributed by atoms with Crippen LogP contribution in [0.15, 0.2) is 4.99 Å². The van der Waals surface area contributed by atoms with Crippen molar-refractivity contribution in [2.75, 3.05) is 58.9 Å². The van der Waals surface area contributed by atoms with Gasteiger partial charge in [-0.1, -0.05) is 6.92 Å². The summed E-state index contributed by atoms with van der Waals surface area (Å²) >= 11 is 2.09. The third kappa shape index (κ3) is 7.79. The van der Waals surface area contributed by atoms with E-state index in [0.29, 0.717) is 5.92 Å². The van der Waals surface area contributed by atoms with Gasteiger partial charge < -0.3 is 19.7 Å². The summed E-state index contributed by atoms with van der Waals surface area (Å²) in [6, 6.07) is 0. The topological polar surface area (TPSA) is 46.1 Å². The van der Waals surface area contributed by atoms with Crippen LogP contribution in [0.3, 0.4) is 0 Å². The van der Waals surface area contributed by atoms with Crippen LogP contribution in [0.5, 0.6) is 0 Å². The molecule has 7 heteroatoms. The summed E-state index contributed by atoms with van der Waals surface area (Å²) in [6.45, 7) is 8.83. The number of hydrogen-bond donors (Lipinski definition) is 1. The first-order chi connectivity index (χ1) is 10.8. The summed E-state index contributed by atoms with van der Waals surface area (Å²) in [5.74, 6) is 2.85. The maximum Gasteiger partial charge on any atom is 0.193 e. The second-order valence-electron chi connectivity index (χ2n) is 5.98. The molecule has 2 atom stereocenters. The Morgan fingerprint density at radius 2 is 2.35 bits per heavy atom. The van der Waals surface area contributed by atoms with E-state index in [-0.39, 0.29) is 24.0 Å². The SMILES string of the molecule is CCC1CN(C(=NC)NCCCOCC2CCOC2)CCS1.I. The van der Waals surface area contributed by atoms with Crippen molar-refractivity contribution in [1.29, 1.82) is 0 Å². The van der Waals surface area contributed by atoms with Crippen molar-refractivity contribution in [3.63, 3.8) is 0 Å². The summed E-state index contributed by atoms with van der Waals surface area (Å²) in [5, 5.41) is 4.21. The Balaban J connectivity index is 0.00000264. The van der Waals surface area contributed by atoms with Crippen molar-refractivity contribution in [1.82, 2.24) is 10.2 Å². The molecule has 2 aliphatic rings. The van der Waals surface area contributed by atoms with E-state index in [2.05, 4.69) is 33.9 Å². The molecule has 5 nitrogen and oxygen atoms in total. The van der Waals surface area contributed by atoms with Gasteiger partial charge in [-0.15, -0.1) is 24.0 Å². The Labute approximate surface area is 162 Å². The zero-order valence-electron chi connectivity index (χ0n) is 14.5. The average molecular weight is 457 g/mol. The molecule has 2 aliphatic heterocycles. The Morgan fingerprint density at radius 1 is 1.48 bits per heavy atom. The number of hydrogen-bond acceptors (Lipinski definition) is 4. The number of aliphatic imine (C=N–C) groups is 1. The number of guanidine groups is 1. The smallest absolute Gasteiger partial charge is 0.193 e. The maximum atomic E-state index is 5.74. The number of nitrogens with one attached hydrogen (secondary N) is 1. The Morgan fingerprint density at radius 3 is 3.04 bits per heavy atom. The molecule has 2 rings (SSSR count). The molecule has 0 spiro atoms. The number of thioether (sulfide) groups is 1. The maximum absolute atomic E-state index is 5.74. The van der Waals surface area contributed by atoms with Crippen molar-refractivity contribution < 1.29 is 9.47 Å². The van der Waals surface area contributed by atoms with Gasteiger partial charge in [0.2, 0.25) is 0 Å². The lowest BCUT2D eigenvalue weighted by Gasteiger charge is -2.34. The molecule has 0 saturated carbocycles. The largest absolute Gasteiger partial charge is 0.381 e. The minimum atomic E-state index is 0.